The van der Waals surface area contributed by atoms with E-state index in [-0.39, 0.29) is 24.8 Å². The first-order chi connectivity index (χ1) is 12.9. The smallest absolute Gasteiger partial charge is 0.246 e. The molecule has 0 unspecified atom stereocenters. The summed E-state index contributed by atoms with van der Waals surface area (Å²) in [5.74, 6) is -1.56. The zero-order valence-electron chi connectivity index (χ0n) is 14.9. The number of hydrogen-bond donors (Lipinski definition) is 2. The van der Waals surface area contributed by atoms with Crippen molar-refractivity contribution >= 4 is 23.4 Å². The molecule has 1 atom stereocenters. The SMILES string of the molecule is Cc1ccc(F)cc1NC(=O)C[C@H]1NC(=O)CN(Cc2ccccc2)C1=O. The van der Waals surface area contributed by atoms with Crippen LogP contribution in [0.15, 0.2) is 48.5 Å². The van der Waals surface area contributed by atoms with Crippen molar-refractivity contribution in [3.8, 4) is 0 Å². The maximum absolute atomic E-state index is 13.4. The maximum atomic E-state index is 13.4. The lowest BCUT2D eigenvalue weighted by molar-refractivity contribution is -0.145. The molecule has 2 aromatic rings. The van der Waals surface area contributed by atoms with Gasteiger partial charge in [-0.2, -0.15) is 0 Å². The quantitative estimate of drug-likeness (QED) is 0.846. The van der Waals surface area contributed by atoms with Crippen LogP contribution in [0.25, 0.3) is 0 Å². The van der Waals surface area contributed by atoms with Gasteiger partial charge in [-0.3, -0.25) is 14.4 Å². The minimum absolute atomic E-state index is 0.0468. The number of rotatable bonds is 5. The van der Waals surface area contributed by atoms with Crippen LogP contribution in [-0.2, 0) is 20.9 Å². The molecule has 0 radical (unpaired) electrons. The highest BCUT2D eigenvalue weighted by Crippen LogP contribution is 2.17. The molecule has 0 saturated carbocycles. The predicted octanol–water partition coefficient (Wildman–Crippen LogP) is 1.99. The minimum atomic E-state index is -0.941. The Morgan fingerprint density at radius 1 is 1.22 bits per heavy atom. The summed E-state index contributed by atoms with van der Waals surface area (Å²) in [7, 11) is 0. The second-order valence-electron chi connectivity index (χ2n) is 6.51. The first-order valence-corrected chi connectivity index (χ1v) is 8.60. The van der Waals surface area contributed by atoms with Gasteiger partial charge in [-0.15, -0.1) is 0 Å². The Morgan fingerprint density at radius 3 is 2.70 bits per heavy atom. The van der Waals surface area contributed by atoms with Gasteiger partial charge < -0.3 is 15.5 Å². The van der Waals surface area contributed by atoms with Gasteiger partial charge >= 0.3 is 0 Å². The molecular formula is C20H20FN3O3. The minimum Gasteiger partial charge on any atom is -0.342 e. The Morgan fingerprint density at radius 2 is 1.96 bits per heavy atom. The highest BCUT2D eigenvalue weighted by atomic mass is 19.1. The summed E-state index contributed by atoms with van der Waals surface area (Å²) >= 11 is 0. The number of carbonyl (C=O) groups is 3. The van der Waals surface area contributed by atoms with Crippen molar-refractivity contribution in [2.45, 2.75) is 25.9 Å². The van der Waals surface area contributed by atoms with Crippen LogP contribution in [0.4, 0.5) is 10.1 Å². The molecule has 2 aromatic carbocycles. The third-order valence-corrected chi connectivity index (χ3v) is 4.36. The first kappa shape index (κ1) is 18.6. The van der Waals surface area contributed by atoms with Crippen LogP contribution in [0.3, 0.4) is 0 Å². The molecule has 27 heavy (non-hydrogen) atoms. The average Bonchev–Trinajstić information content (AvgIpc) is 2.63. The van der Waals surface area contributed by atoms with E-state index in [0.717, 1.165) is 5.56 Å². The summed E-state index contributed by atoms with van der Waals surface area (Å²) in [6.07, 6.45) is -0.216. The first-order valence-electron chi connectivity index (χ1n) is 8.60. The number of hydrogen-bond acceptors (Lipinski definition) is 3. The van der Waals surface area contributed by atoms with Crippen molar-refractivity contribution in [3.63, 3.8) is 0 Å². The van der Waals surface area contributed by atoms with E-state index in [4.69, 9.17) is 0 Å². The van der Waals surface area contributed by atoms with Crippen molar-refractivity contribution in [1.29, 1.82) is 0 Å². The van der Waals surface area contributed by atoms with E-state index in [1.807, 2.05) is 30.3 Å². The van der Waals surface area contributed by atoms with Gasteiger partial charge in [0.25, 0.3) is 0 Å². The van der Waals surface area contributed by atoms with Crippen LogP contribution in [0.2, 0.25) is 0 Å². The number of amides is 3. The molecule has 0 bridgehead atoms. The Labute approximate surface area is 156 Å². The average molecular weight is 369 g/mol. The summed E-state index contributed by atoms with van der Waals surface area (Å²) < 4.78 is 13.4. The molecule has 0 spiro atoms. The lowest BCUT2D eigenvalue weighted by atomic mass is 10.1. The van der Waals surface area contributed by atoms with E-state index in [2.05, 4.69) is 10.6 Å². The Kier molecular flexibility index (Phi) is 5.49. The van der Waals surface area contributed by atoms with Gasteiger partial charge in [0.15, 0.2) is 0 Å². The van der Waals surface area contributed by atoms with Crippen molar-refractivity contribution in [2.75, 3.05) is 11.9 Å². The Balaban J connectivity index is 1.66. The standard InChI is InChI=1S/C20H20FN3O3/c1-13-7-8-15(21)9-16(13)22-18(25)10-17-20(27)24(12-19(26)23-17)11-14-5-3-2-4-6-14/h2-9,17H,10-12H2,1H3,(H,22,25)(H,23,26)/t17-/m1/s1. The highest BCUT2D eigenvalue weighted by molar-refractivity contribution is 6.00. The molecule has 6 nitrogen and oxygen atoms in total. The monoisotopic (exact) mass is 369 g/mol. The van der Waals surface area contributed by atoms with Gasteiger partial charge in [0, 0.05) is 12.2 Å². The fourth-order valence-corrected chi connectivity index (χ4v) is 2.96. The van der Waals surface area contributed by atoms with E-state index < -0.39 is 17.8 Å². The summed E-state index contributed by atoms with van der Waals surface area (Å²) in [4.78, 5) is 38.4. The van der Waals surface area contributed by atoms with Crippen LogP contribution in [0.5, 0.6) is 0 Å². The molecule has 3 amide bonds. The summed E-state index contributed by atoms with van der Waals surface area (Å²) in [6.45, 7) is 1.99. The van der Waals surface area contributed by atoms with Crippen molar-refractivity contribution < 1.29 is 18.8 Å². The Hall–Kier alpha value is -3.22. The topological polar surface area (TPSA) is 78.5 Å². The number of halogens is 1. The number of nitrogens with one attached hydrogen (secondary N) is 2. The van der Waals surface area contributed by atoms with Gasteiger partial charge in [0.2, 0.25) is 17.7 Å². The summed E-state index contributed by atoms with van der Waals surface area (Å²) in [5.41, 5.74) is 1.95. The predicted molar refractivity (Wildman–Crippen MR) is 98.2 cm³/mol. The Bertz CT molecular complexity index is 870. The lowest BCUT2D eigenvalue weighted by Gasteiger charge is -2.32. The normalized spacial score (nSPS) is 16.8. The number of benzene rings is 2. The number of anilines is 1. The van der Waals surface area contributed by atoms with Gasteiger partial charge in [0.1, 0.15) is 11.9 Å². The molecule has 1 saturated heterocycles. The number of piperazine rings is 1. The molecule has 1 fully saturated rings. The molecule has 2 N–H and O–H groups in total. The third kappa shape index (κ3) is 4.69. The highest BCUT2D eigenvalue weighted by Gasteiger charge is 2.34. The van der Waals surface area contributed by atoms with E-state index in [0.29, 0.717) is 17.8 Å². The van der Waals surface area contributed by atoms with Crippen LogP contribution >= 0.6 is 0 Å². The molecule has 1 aliphatic heterocycles. The van der Waals surface area contributed by atoms with Crippen molar-refractivity contribution in [3.05, 3.63) is 65.5 Å². The van der Waals surface area contributed by atoms with E-state index >= 15 is 0 Å². The summed E-state index contributed by atoms with van der Waals surface area (Å²) in [5, 5.41) is 5.16. The zero-order valence-corrected chi connectivity index (χ0v) is 14.9. The fraction of sp³-hybridized carbons (Fsp3) is 0.250. The van der Waals surface area contributed by atoms with Crippen molar-refractivity contribution in [2.24, 2.45) is 0 Å². The number of aryl methyl sites for hydroxylation is 1. The fourth-order valence-electron chi connectivity index (χ4n) is 2.96. The van der Waals surface area contributed by atoms with Crippen LogP contribution < -0.4 is 10.6 Å². The van der Waals surface area contributed by atoms with E-state index in [1.54, 1.807) is 13.0 Å². The summed E-state index contributed by atoms with van der Waals surface area (Å²) in [6, 6.07) is 12.5. The molecular weight excluding hydrogens is 349 g/mol. The van der Waals surface area contributed by atoms with Crippen LogP contribution in [-0.4, -0.2) is 35.2 Å². The van der Waals surface area contributed by atoms with E-state index in [1.165, 1.54) is 17.0 Å². The van der Waals surface area contributed by atoms with Gasteiger partial charge in [-0.1, -0.05) is 36.4 Å². The lowest BCUT2D eigenvalue weighted by Crippen LogP contribution is -2.58. The number of nitrogens with zero attached hydrogens (tertiary/aromatic N) is 1. The maximum Gasteiger partial charge on any atom is 0.246 e. The second kappa shape index (κ2) is 7.99. The molecule has 3 rings (SSSR count). The molecule has 1 aliphatic rings. The van der Waals surface area contributed by atoms with E-state index in [9.17, 15) is 18.8 Å². The molecule has 1 heterocycles. The van der Waals surface area contributed by atoms with Gasteiger partial charge in [-0.05, 0) is 30.2 Å². The van der Waals surface area contributed by atoms with Crippen LogP contribution in [0.1, 0.15) is 17.5 Å². The molecule has 140 valence electrons. The van der Waals surface area contributed by atoms with Gasteiger partial charge in [0.05, 0.1) is 13.0 Å². The zero-order chi connectivity index (χ0) is 19.4. The number of carbonyl (C=O) groups excluding carboxylic acids is 3. The third-order valence-electron chi connectivity index (χ3n) is 4.36. The second-order valence-corrected chi connectivity index (χ2v) is 6.51. The molecule has 0 aromatic heterocycles. The molecule has 7 heteroatoms. The molecule has 0 aliphatic carbocycles. The van der Waals surface area contributed by atoms with Gasteiger partial charge in [-0.25, -0.2) is 4.39 Å². The largest absolute Gasteiger partial charge is 0.342 e. The van der Waals surface area contributed by atoms with Crippen LogP contribution in [0, 0.1) is 12.7 Å². The van der Waals surface area contributed by atoms with Crippen molar-refractivity contribution in [1.82, 2.24) is 10.2 Å².